The van der Waals surface area contributed by atoms with Crippen molar-refractivity contribution in [2.75, 3.05) is 13.1 Å². The number of aromatic nitrogens is 2. The van der Waals surface area contributed by atoms with Crippen LogP contribution < -0.4 is 5.32 Å². The number of benzene rings is 1. The second kappa shape index (κ2) is 5.32. The summed E-state index contributed by atoms with van der Waals surface area (Å²) in [7, 11) is 0. The normalized spacial score (nSPS) is 16.6. The molecule has 0 atom stereocenters. The summed E-state index contributed by atoms with van der Waals surface area (Å²) in [5, 5.41) is 7.68. The first-order chi connectivity index (χ1) is 9.66. The summed E-state index contributed by atoms with van der Waals surface area (Å²) in [6, 6.07) is 3.79. The first-order valence-electron chi connectivity index (χ1n) is 6.87. The molecule has 0 amide bonds. The van der Waals surface area contributed by atoms with E-state index in [2.05, 4.69) is 10.4 Å². The van der Waals surface area contributed by atoms with E-state index in [0.29, 0.717) is 11.3 Å². The zero-order valence-electron chi connectivity index (χ0n) is 11.4. The van der Waals surface area contributed by atoms with Gasteiger partial charge in [-0.2, -0.15) is 5.10 Å². The van der Waals surface area contributed by atoms with E-state index in [4.69, 9.17) is 0 Å². The molecular formula is C15H17F2N3. The Morgan fingerprint density at radius 1 is 1.25 bits per heavy atom. The maximum Gasteiger partial charge on any atom is 0.132 e. The molecule has 0 saturated carbocycles. The van der Waals surface area contributed by atoms with Crippen molar-refractivity contribution in [1.82, 2.24) is 15.1 Å². The van der Waals surface area contributed by atoms with Gasteiger partial charge in [0.1, 0.15) is 11.6 Å². The molecule has 3 nitrogen and oxygen atoms in total. The quantitative estimate of drug-likeness (QED) is 0.914. The minimum absolute atomic E-state index is 0.239. The van der Waals surface area contributed by atoms with E-state index in [0.717, 1.165) is 37.6 Å². The standard InChI is InChI=1S/C15H17F2N3/c1-10-9-19-20(12-4-6-18-7-5-12)15(10)13-8-11(16)2-3-14(13)17/h2-3,8-9,12,18H,4-7H2,1H3. The van der Waals surface area contributed by atoms with Crippen molar-refractivity contribution in [3.63, 3.8) is 0 Å². The van der Waals surface area contributed by atoms with Crippen LogP contribution in [0.15, 0.2) is 24.4 Å². The monoisotopic (exact) mass is 277 g/mol. The van der Waals surface area contributed by atoms with Gasteiger partial charge in [-0.1, -0.05) is 0 Å². The van der Waals surface area contributed by atoms with E-state index in [9.17, 15) is 8.78 Å². The van der Waals surface area contributed by atoms with Crippen LogP contribution in [0.3, 0.4) is 0 Å². The average Bonchev–Trinajstić information content (AvgIpc) is 2.84. The first-order valence-corrected chi connectivity index (χ1v) is 6.87. The van der Waals surface area contributed by atoms with Crippen LogP contribution in [0.1, 0.15) is 24.4 Å². The maximum absolute atomic E-state index is 14.0. The zero-order valence-corrected chi connectivity index (χ0v) is 11.4. The fourth-order valence-electron chi connectivity index (χ4n) is 2.79. The van der Waals surface area contributed by atoms with E-state index < -0.39 is 11.6 Å². The van der Waals surface area contributed by atoms with Crippen molar-refractivity contribution in [2.24, 2.45) is 0 Å². The van der Waals surface area contributed by atoms with Gasteiger partial charge in [-0.25, -0.2) is 8.78 Å². The zero-order chi connectivity index (χ0) is 14.1. The van der Waals surface area contributed by atoms with Crippen LogP contribution in [0.2, 0.25) is 0 Å². The number of rotatable bonds is 2. The Hall–Kier alpha value is -1.75. The summed E-state index contributed by atoms with van der Waals surface area (Å²) in [6.07, 6.45) is 3.62. The number of aryl methyl sites for hydroxylation is 1. The Kier molecular flexibility index (Phi) is 3.53. The third-order valence-corrected chi connectivity index (χ3v) is 3.82. The molecule has 0 spiro atoms. The number of halogens is 2. The molecule has 1 aliphatic heterocycles. The Morgan fingerprint density at radius 3 is 2.75 bits per heavy atom. The minimum atomic E-state index is -0.432. The molecule has 1 aromatic heterocycles. The van der Waals surface area contributed by atoms with E-state index in [1.807, 2.05) is 11.6 Å². The predicted octanol–water partition coefficient (Wildman–Crippen LogP) is 3.06. The van der Waals surface area contributed by atoms with Crippen molar-refractivity contribution in [3.05, 3.63) is 41.6 Å². The highest BCUT2D eigenvalue weighted by Crippen LogP contribution is 2.31. The Balaban J connectivity index is 2.08. The smallest absolute Gasteiger partial charge is 0.132 e. The molecule has 106 valence electrons. The third-order valence-electron chi connectivity index (χ3n) is 3.82. The molecule has 2 aromatic rings. The summed E-state index contributed by atoms with van der Waals surface area (Å²) in [5.41, 5.74) is 1.85. The molecule has 1 fully saturated rings. The third kappa shape index (κ3) is 2.33. The second-order valence-electron chi connectivity index (χ2n) is 5.23. The van der Waals surface area contributed by atoms with Gasteiger partial charge in [0.2, 0.25) is 0 Å². The Labute approximate surface area is 116 Å². The molecule has 0 bridgehead atoms. The number of nitrogens with zero attached hydrogens (tertiary/aromatic N) is 2. The molecule has 1 aliphatic rings. The van der Waals surface area contributed by atoms with Crippen molar-refractivity contribution >= 4 is 0 Å². The molecule has 5 heteroatoms. The lowest BCUT2D eigenvalue weighted by atomic mass is 10.0. The topological polar surface area (TPSA) is 29.9 Å². The minimum Gasteiger partial charge on any atom is -0.317 e. The highest BCUT2D eigenvalue weighted by Gasteiger charge is 2.22. The molecule has 0 radical (unpaired) electrons. The van der Waals surface area contributed by atoms with E-state index in [-0.39, 0.29) is 6.04 Å². The molecule has 2 heterocycles. The van der Waals surface area contributed by atoms with Crippen molar-refractivity contribution < 1.29 is 8.78 Å². The molecule has 0 aliphatic carbocycles. The van der Waals surface area contributed by atoms with Gasteiger partial charge in [0.05, 0.1) is 17.9 Å². The van der Waals surface area contributed by atoms with Gasteiger partial charge in [0.15, 0.2) is 0 Å². The molecular weight excluding hydrogens is 260 g/mol. The SMILES string of the molecule is Cc1cnn(C2CCNCC2)c1-c1cc(F)ccc1F. The van der Waals surface area contributed by atoms with E-state index in [1.165, 1.54) is 12.1 Å². The van der Waals surface area contributed by atoms with Crippen molar-refractivity contribution in [2.45, 2.75) is 25.8 Å². The fraction of sp³-hybridized carbons (Fsp3) is 0.400. The lowest BCUT2D eigenvalue weighted by Crippen LogP contribution is -2.30. The van der Waals surface area contributed by atoms with Crippen LogP contribution in [0.4, 0.5) is 8.78 Å². The Bertz CT molecular complexity index is 616. The van der Waals surface area contributed by atoms with Crippen LogP contribution in [-0.2, 0) is 0 Å². The largest absolute Gasteiger partial charge is 0.317 e. The molecule has 1 aromatic carbocycles. The maximum atomic E-state index is 14.0. The second-order valence-corrected chi connectivity index (χ2v) is 5.23. The fourth-order valence-corrected chi connectivity index (χ4v) is 2.79. The summed E-state index contributed by atoms with van der Waals surface area (Å²) in [5.74, 6) is -0.843. The number of hydrogen-bond donors (Lipinski definition) is 1. The van der Waals surface area contributed by atoms with E-state index >= 15 is 0 Å². The van der Waals surface area contributed by atoms with Crippen LogP contribution >= 0.6 is 0 Å². The molecule has 0 unspecified atom stereocenters. The first kappa shape index (κ1) is 13.2. The molecule has 1 saturated heterocycles. The summed E-state index contributed by atoms with van der Waals surface area (Å²) in [6.45, 7) is 3.73. The van der Waals surface area contributed by atoms with Gasteiger partial charge in [0, 0.05) is 5.56 Å². The number of piperidine rings is 1. The van der Waals surface area contributed by atoms with Gasteiger partial charge in [-0.05, 0) is 56.6 Å². The van der Waals surface area contributed by atoms with E-state index in [1.54, 1.807) is 6.20 Å². The van der Waals surface area contributed by atoms with Gasteiger partial charge in [0.25, 0.3) is 0 Å². The van der Waals surface area contributed by atoms with Gasteiger partial charge >= 0.3 is 0 Å². The van der Waals surface area contributed by atoms with Crippen LogP contribution in [0, 0.1) is 18.6 Å². The van der Waals surface area contributed by atoms with Gasteiger partial charge < -0.3 is 5.32 Å². The van der Waals surface area contributed by atoms with Gasteiger partial charge in [-0.15, -0.1) is 0 Å². The summed E-state index contributed by atoms with van der Waals surface area (Å²) < 4.78 is 29.3. The highest BCUT2D eigenvalue weighted by atomic mass is 19.1. The van der Waals surface area contributed by atoms with Crippen molar-refractivity contribution in [3.8, 4) is 11.3 Å². The van der Waals surface area contributed by atoms with Crippen LogP contribution in [0.25, 0.3) is 11.3 Å². The summed E-state index contributed by atoms with van der Waals surface area (Å²) in [4.78, 5) is 0. The average molecular weight is 277 g/mol. The highest BCUT2D eigenvalue weighted by molar-refractivity contribution is 5.64. The van der Waals surface area contributed by atoms with Crippen LogP contribution in [-0.4, -0.2) is 22.9 Å². The Morgan fingerprint density at radius 2 is 2.00 bits per heavy atom. The predicted molar refractivity (Wildman–Crippen MR) is 73.5 cm³/mol. The lowest BCUT2D eigenvalue weighted by Gasteiger charge is -2.25. The molecule has 3 rings (SSSR count). The van der Waals surface area contributed by atoms with Crippen LogP contribution in [0.5, 0.6) is 0 Å². The molecule has 1 N–H and O–H groups in total. The van der Waals surface area contributed by atoms with Gasteiger partial charge in [-0.3, -0.25) is 4.68 Å². The number of hydrogen-bond acceptors (Lipinski definition) is 2. The lowest BCUT2D eigenvalue weighted by molar-refractivity contribution is 0.345. The van der Waals surface area contributed by atoms with Crippen molar-refractivity contribution in [1.29, 1.82) is 0 Å². The summed E-state index contributed by atoms with van der Waals surface area (Å²) >= 11 is 0. The molecule has 20 heavy (non-hydrogen) atoms. The number of nitrogens with one attached hydrogen (secondary N) is 1.